The number of aliphatic hydroxyl groups excluding tert-OH is 2. The zero-order chi connectivity index (χ0) is 23.8. The number of furan rings is 1. The number of methoxy groups -OCH3 is 1. The molecule has 2 unspecified atom stereocenters. The van der Waals surface area contributed by atoms with Gasteiger partial charge >= 0.3 is 5.97 Å². The van der Waals surface area contributed by atoms with E-state index in [0.29, 0.717) is 24.2 Å². The molecule has 176 valence electrons. The molecule has 7 nitrogen and oxygen atoms in total. The zero-order valence-electron chi connectivity index (χ0n) is 19.0. The lowest BCUT2D eigenvalue weighted by Crippen LogP contribution is -2.22. The topological polar surface area (TPSA) is 98.4 Å². The Bertz CT molecular complexity index is 1090. The fourth-order valence-electron chi connectivity index (χ4n) is 3.46. The van der Waals surface area contributed by atoms with Crippen LogP contribution in [0.25, 0.3) is 22.3 Å². The second kappa shape index (κ2) is 11.5. The highest BCUT2D eigenvalue weighted by Gasteiger charge is 2.15. The summed E-state index contributed by atoms with van der Waals surface area (Å²) in [6.07, 6.45) is 1.14. The van der Waals surface area contributed by atoms with E-state index >= 15 is 0 Å². The molecule has 0 radical (unpaired) electrons. The summed E-state index contributed by atoms with van der Waals surface area (Å²) in [5.74, 6) is 1.46. The van der Waals surface area contributed by atoms with Crippen molar-refractivity contribution < 1.29 is 33.6 Å². The van der Waals surface area contributed by atoms with E-state index in [2.05, 4.69) is 6.58 Å². The molecule has 1 heterocycles. The summed E-state index contributed by atoms with van der Waals surface area (Å²) in [5.41, 5.74) is 2.75. The monoisotopic (exact) mass is 454 g/mol. The highest BCUT2D eigenvalue weighted by molar-refractivity contribution is 5.84. The van der Waals surface area contributed by atoms with E-state index in [9.17, 15) is 15.0 Å². The van der Waals surface area contributed by atoms with Gasteiger partial charge in [-0.25, -0.2) is 4.79 Å². The van der Waals surface area contributed by atoms with Crippen LogP contribution in [-0.2, 0) is 9.53 Å². The Morgan fingerprint density at radius 3 is 2.61 bits per heavy atom. The van der Waals surface area contributed by atoms with Gasteiger partial charge in [0.25, 0.3) is 0 Å². The average Bonchev–Trinajstić information content (AvgIpc) is 3.25. The van der Waals surface area contributed by atoms with Crippen LogP contribution in [0.2, 0.25) is 0 Å². The van der Waals surface area contributed by atoms with Crippen molar-refractivity contribution in [1.29, 1.82) is 0 Å². The van der Waals surface area contributed by atoms with E-state index in [4.69, 9.17) is 18.6 Å². The Kier molecular flexibility index (Phi) is 8.52. The average molecular weight is 455 g/mol. The Morgan fingerprint density at radius 1 is 1.12 bits per heavy atom. The summed E-state index contributed by atoms with van der Waals surface area (Å²) in [4.78, 5) is 11.1. The summed E-state index contributed by atoms with van der Waals surface area (Å²) in [5, 5.41) is 20.5. The van der Waals surface area contributed by atoms with Gasteiger partial charge in [-0.1, -0.05) is 6.58 Å². The molecule has 7 heteroatoms. The first-order valence-electron chi connectivity index (χ1n) is 10.8. The van der Waals surface area contributed by atoms with Crippen molar-refractivity contribution in [1.82, 2.24) is 0 Å². The smallest absolute Gasteiger partial charge is 0.330 e. The molecular formula is C26H30O7. The van der Waals surface area contributed by atoms with Gasteiger partial charge in [-0.05, 0) is 61.7 Å². The number of hydrogen-bond acceptors (Lipinski definition) is 7. The molecule has 0 bridgehead atoms. The summed E-state index contributed by atoms with van der Waals surface area (Å²) >= 11 is 0. The minimum Gasteiger partial charge on any atom is -0.497 e. The van der Waals surface area contributed by atoms with E-state index < -0.39 is 12.1 Å². The molecule has 33 heavy (non-hydrogen) atoms. The SMILES string of the molecule is C=CC(=O)OCC(O)CCC(CO)COc1ccc2cc(-c3ccc(OC)cc3C)oc2c1. The maximum absolute atomic E-state index is 11.1. The first-order chi connectivity index (χ1) is 15.9. The maximum Gasteiger partial charge on any atom is 0.330 e. The standard InChI is InChI=1S/C26H30O7/c1-4-26(29)32-16-20(28)7-5-18(14-27)15-31-22-8-6-19-12-25(33-24(19)13-22)23-10-9-21(30-3)11-17(23)2/h4,6,8-13,18,20,27-28H,1,5,7,14-16H2,2-3H3. The summed E-state index contributed by atoms with van der Waals surface area (Å²) in [6.45, 7) is 5.42. The van der Waals surface area contributed by atoms with Gasteiger partial charge in [-0.3, -0.25) is 0 Å². The fraction of sp³-hybridized carbons (Fsp3) is 0.346. The number of carbonyl (C=O) groups is 1. The van der Waals surface area contributed by atoms with Gasteiger partial charge in [-0.2, -0.15) is 0 Å². The Morgan fingerprint density at radius 2 is 1.91 bits per heavy atom. The minimum absolute atomic E-state index is 0.0803. The van der Waals surface area contributed by atoms with E-state index in [1.54, 1.807) is 7.11 Å². The molecule has 0 aliphatic heterocycles. The molecule has 0 spiro atoms. The van der Waals surface area contributed by atoms with Gasteiger partial charge in [0.05, 0.1) is 19.8 Å². The van der Waals surface area contributed by atoms with Gasteiger partial charge in [0, 0.05) is 35.6 Å². The highest BCUT2D eigenvalue weighted by atomic mass is 16.5. The molecule has 2 aromatic carbocycles. The summed E-state index contributed by atoms with van der Waals surface area (Å²) < 4.78 is 22.0. The van der Waals surface area contributed by atoms with E-state index in [0.717, 1.165) is 34.1 Å². The number of aryl methyl sites for hydroxylation is 1. The van der Waals surface area contributed by atoms with Gasteiger partial charge in [0.15, 0.2) is 0 Å². The molecule has 0 aliphatic rings. The first kappa shape index (κ1) is 24.4. The lowest BCUT2D eigenvalue weighted by Gasteiger charge is -2.17. The number of rotatable bonds is 12. The van der Waals surface area contributed by atoms with Crippen molar-refractivity contribution in [2.24, 2.45) is 5.92 Å². The minimum atomic E-state index is -0.803. The zero-order valence-corrected chi connectivity index (χ0v) is 19.0. The van der Waals surface area contributed by atoms with Crippen molar-refractivity contribution in [3.05, 3.63) is 60.7 Å². The van der Waals surface area contributed by atoms with Crippen LogP contribution >= 0.6 is 0 Å². The maximum atomic E-state index is 11.1. The van der Waals surface area contributed by atoms with Crippen LogP contribution in [0.5, 0.6) is 11.5 Å². The predicted octanol–water partition coefficient (Wildman–Crippen LogP) is 4.27. The van der Waals surface area contributed by atoms with E-state index in [1.165, 1.54) is 0 Å². The third-order valence-electron chi connectivity index (χ3n) is 5.43. The van der Waals surface area contributed by atoms with Crippen LogP contribution in [0.4, 0.5) is 0 Å². The van der Waals surface area contributed by atoms with Crippen molar-refractivity contribution >= 4 is 16.9 Å². The van der Waals surface area contributed by atoms with Crippen molar-refractivity contribution in [2.45, 2.75) is 25.9 Å². The van der Waals surface area contributed by atoms with Gasteiger partial charge in [0.1, 0.15) is 29.4 Å². The van der Waals surface area contributed by atoms with Gasteiger partial charge in [0.2, 0.25) is 0 Å². The second-order valence-corrected chi connectivity index (χ2v) is 7.92. The number of fused-ring (bicyclic) bond motifs is 1. The Labute approximate surface area is 193 Å². The number of carbonyl (C=O) groups excluding carboxylic acids is 1. The quantitative estimate of drug-likeness (QED) is 0.311. The largest absolute Gasteiger partial charge is 0.497 e. The van der Waals surface area contributed by atoms with Crippen LogP contribution < -0.4 is 9.47 Å². The molecule has 3 rings (SSSR count). The van der Waals surface area contributed by atoms with Crippen LogP contribution in [0.15, 0.2) is 59.5 Å². The number of ether oxygens (including phenoxy) is 3. The molecule has 1 aromatic heterocycles. The normalized spacial score (nSPS) is 12.8. The number of esters is 1. The summed E-state index contributed by atoms with van der Waals surface area (Å²) in [7, 11) is 1.64. The van der Waals surface area contributed by atoms with Crippen LogP contribution in [0, 0.1) is 12.8 Å². The van der Waals surface area contributed by atoms with E-state index in [1.807, 2.05) is 49.4 Å². The predicted molar refractivity (Wildman–Crippen MR) is 125 cm³/mol. The number of hydrogen-bond donors (Lipinski definition) is 2. The molecule has 0 saturated carbocycles. The van der Waals surface area contributed by atoms with Crippen LogP contribution in [0.1, 0.15) is 18.4 Å². The molecule has 2 atom stereocenters. The Balaban J connectivity index is 1.59. The number of benzene rings is 2. The molecule has 3 aromatic rings. The number of aliphatic hydroxyl groups is 2. The van der Waals surface area contributed by atoms with Crippen LogP contribution in [-0.4, -0.2) is 49.2 Å². The van der Waals surface area contributed by atoms with Crippen LogP contribution in [0.3, 0.4) is 0 Å². The second-order valence-electron chi connectivity index (χ2n) is 7.92. The summed E-state index contributed by atoms with van der Waals surface area (Å²) in [6, 6.07) is 13.5. The molecule has 0 saturated heterocycles. The van der Waals surface area contributed by atoms with Gasteiger partial charge in [-0.15, -0.1) is 0 Å². The molecule has 0 aliphatic carbocycles. The van der Waals surface area contributed by atoms with Crippen molar-refractivity contribution in [2.75, 3.05) is 26.9 Å². The fourth-order valence-corrected chi connectivity index (χ4v) is 3.46. The molecule has 0 amide bonds. The molecule has 0 fully saturated rings. The lowest BCUT2D eigenvalue weighted by molar-refractivity contribution is -0.140. The third kappa shape index (κ3) is 6.60. The van der Waals surface area contributed by atoms with Gasteiger partial charge < -0.3 is 28.8 Å². The third-order valence-corrected chi connectivity index (χ3v) is 5.43. The first-order valence-corrected chi connectivity index (χ1v) is 10.8. The molecule has 2 N–H and O–H groups in total. The highest BCUT2D eigenvalue weighted by Crippen LogP contribution is 2.33. The Hall–Kier alpha value is -3.29. The lowest BCUT2D eigenvalue weighted by atomic mass is 10.0. The van der Waals surface area contributed by atoms with Crippen molar-refractivity contribution in [3.63, 3.8) is 0 Å². The van der Waals surface area contributed by atoms with E-state index in [-0.39, 0.29) is 25.7 Å². The molecular weight excluding hydrogens is 424 g/mol. The van der Waals surface area contributed by atoms with Crippen molar-refractivity contribution in [3.8, 4) is 22.8 Å².